The number of nitrogens with one attached hydrogen (secondary N) is 1. The Labute approximate surface area is 222 Å². The van der Waals surface area contributed by atoms with Gasteiger partial charge in [0.25, 0.3) is 5.91 Å². The van der Waals surface area contributed by atoms with Gasteiger partial charge in [-0.25, -0.2) is 4.39 Å². The fourth-order valence-corrected chi connectivity index (χ4v) is 3.83. The van der Waals surface area contributed by atoms with Gasteiger partial charge in [-0.2, -0.15) is 5.10 Å². The van der Waals surface area contributed by atoms with Crippen LogP contribution in [0.25, 0.3) is 33.6 Å². The second-order valence-corrected chi connectivity index (χ2v) is 8.28. The lowest BCUT2D eigenvalue weighted by molar-refractivity contribution is -0.0746. The molecule has 2 aromatic carbocycles. The highest BCUT2D eigenvalue weighted by Crippen LogP contribution is 2.33. The van der Waals surface area contributed by atoms with Gasteiger partial charge in [0.2, 0.25) is 0 Å². The smallest absolute Gasteiger partial charge is 0.253 e. The molecule has 37 heavy (non-hydrogen) atoms. The molecule has 2 fully saturated rings. The lowest BCUT2D eigenvalue weighted by atomic mass is 10.1. The van der Waals surface area contributed by atoms with Crippen molar-refractivity contribution in [2.75, 3.05) is 52.4 Å². The molecule has 4 heterocycles. The first-order chi connectivity index (χ1) is 21.1. The van der Waals surface area contributed by atoms with E-state index in [4.69, 9.17) is 30.1 Å². The van der Waals surface area contributed by atoms with Crippen LogP contribution in [0.15, 0.2) is 47.0 Å². The number of aromatic amines is 1. The van der Waals surface area contributed by atoms with Gasteiger partial charge in [0.15, 0.2) is 17.3 Å². The highest BCUT2D eigenvalue weighted by atomic mass is 19.1. The van der Waals surface area contributed by atoms with Crippen molar-refractivity contribution in [2.24, 2.45) is 0 Å². The molecule has 10 nitrogen and oxygen atoms in total. The van der Waals surface area contributed by atoms with Crippen LogP contribution < -0.4 is 4.74 Å². The lowest BCUT2D eigenvalue weighted by Crippen LogP contribution is -2.57. The van der Waals surface area contributed by atoms with Crippen LogP contribution in [-0.2, 0) is 4.74 Å². The SMILES string of the molecule is [2H]C1([2H])N(C(=O)c2ccc(-c3cc(-c4n[nH]c5cc(OCCO)c(F)cc45)on3)cc2)C([2H])([2H])C([2H])([2H])N(C2COC2)C1([2H])[2H]. The largest absolute Gasteiger partial charge is 0.488 e. The third-order valence-corrected chi connectivity index (χ3v) is 5.89. The maximum Gasteiger partial charge on any atom is 0.253 e. The molecule has 192 valence electrons. The van der Waals surface area contributed by atoms with Gasteiger partial charge in [0, 0.05) is 60.1 Å². The number of carbonyl (C=O) groups is 1. The zero-order chi connectivity index (χ0) is 32.5. The van der Waals surface area contributed by atoms with Crippen molar-refractivity contribution in [1.82, 2.24) is 25.2 Å². The van der Waals surface area contributed by atoms with E-state index in [0.29, 0.717) is 21.4 Å². The average Bonchev–Trinajstić information content (AvgIpc) is 3.59. The monoisotopic (exact) mass is 515 g/mol. The molecule has 6 rings (SSSR count). The zero-order valence-corrected chi connectivity index (χ0v) is 19.2. The molecule has 0 aliphatic carbocycles. The van der Waals surface area contributed by atoms with Crippen LogP contribution in [-0.4, -0.2) is 94.6 Å². The van der Waals surface area contributed by atoms with Crippen molar-refractivity contribution < 1.29 is 39.3 Å². The number of amides is 1. The molecule has 1 amide bonds. The molecule has 2 aliphatic rings. The van der Waals surface area contributed by atoms with Crippen molar-refractivity contribution in [3.8, 4) is 28.5 Å². The van der Waals surface area contributed by atoms with Gasteiger partial charge in [-0.3, -0.25) is 14.8 Å². The van der Waals surface area contributed by atoms with E-state index in [-0.39, 0.29) is 59.8 Å². The maximum absolute atomic E-state index is 14.6. The van der Waals surface area contributed by atoms with E-state index in [1.807, 2.05) is 0 Å². The standard InChI is InChI=1S/C26H26FN5O5/c27-20-11-19-22(13-23(20)36-10-9-33)28-29-25(19)24-12-21(30-37-24)16-1-3-17(4-2-16)26(34)32-7-5-31(6-8-32)18-14-35-15-18/h1-4,11-13,18,33H,5-10,14-15H2,(H,28,29)/i5D2,6D2,7D2,8D2. The minimum absolute atomic E-state index is 0.0126. The third-order valence-electron chi connectivity index (χ3n) is 5.89. The Balaban J connectivity index is 1.27. The zero-order valence-electron chi connectivity index (χ0n) is 27.2. The van der Waals surface area contributed by atoms with Crippen molar-refractivity contribution in [2.45, 2.75) is 6.04 Å². The molecule has 2 saturated heterocycles. The second-order valence-electron chi connectivity index (χ2n) is 8.28. The van der Waals surface area contributed by atoms with E-state index >= 15 is 0 Å². The highest BCUT2D eigenvalue weighted by molar-refractivity contribution is 5.95. The van der Waals surface area contributed by atoms with Crippen LogP contribution in [0.2, 0.25) is 0 Å². The number of aliphatic hydroxyl groups excluding tert-OH is 1. The Kier molecular flexibility index (Phi) is 4.33. The number of carbonyl (C=O) groups excluding carboxylic acids is 1. The predicted octanol–water partition coefficient (Wildman–Crippen LogP) is 2.55. The van der Waals surface area contributed by atoms with Gasteiger partial charge >= 0.3 is 0 Å². The van der Waals surface area contributed by atoms with Crippen molar-refractivity contribution in [1.29, 1.82) is 0 Å². The quantitative estimate of drug-likeness (QED) is 0.386. The Hall–Kier alpha value is -3.80. The number of ether oxygens (including phenoxy) is 2. The molecule has 0 saturated carbocycles. The Morgan fingerprint density at radius 3 is 2.68 bits per heavy atom. The summed E-state index contributed by atoms with van der Waals surface area (Å²) in [6, 6.07) is 8.55. The Bertz CT molecular complexity index is 1730. The molecule has 2 N–H and O–H groups in total. The lowest BCUT2D eigenvalue weighted by Gasteiger charge is -2.42. The molecule has 0 spiro atoms. The van der Waals surface area contributed by atoms with E-state index in [0.717, 1.165) is 0 Å². The van der Waals surface area contributed by atoms with Gasteiger partial charge in [0.05, 0.1) is 36.9 Å². The predicted molar refractivity (Wildman–Crippen MR) is 132 cm³/mol. The number of fused-ring (bicyclic) bond motifs is 1. The fraction of sp³-hybridized carbons (Fsp3) is 0.346. The topological polar surface area (TPSA) is 117 Å². The second kappa shape index (κ2) is 9.92. The van der Waals surface area contributed by atoms with Crippen LogP contribution in [0.5, 0.6) is 5.75 Å². The first-order valence-electron chi connectivity index (χ1n) is 15.3. The van der Waals surface area contributed by atoms with Crippen molar-refractivity contribution in [3.05, 3.63) is 53.8 Å². The molecule has 0 bridgehead atoms. The van der Waals surface area contributed by atoms with E-state index in [2.05, 4.69) is 15.4 Å². The van der Waals surface area contributed by atoms with Crippen LogP contribution in [0.4, 0.5) is 4.39 Å². The van der Waals surface area contributed by atoms with Gasteiger partial charge in [-0.15, -0.1) is 0 Å². The van der Waals surface area contributed by atoms with E-state index in [1.54, 1.807) is 0 Å². The molecule has 4 aromatic rings. The van der Waals surface area contributed by atoms with Crippen LogP contribution in [0.1, 0.15) is 21.3 Å². The molecular weight excluding hydrogens is 481 g/mol. The van der Waals surface area contributed by atoms with Crippen LogP contribution in [0.3, 0.4) is 0 Å². The summed E-state index contributed by atoms with van der Waals surface area (Å²) in [4.78, 5) is 14.1. The number of H-pyrrole nitrogens is 1. The van der Waals surface area contributed by atoms with Crippen molar-refractivity contribution in [3.63, 3.8) is 0 Å². The van der Waals surface area contributed by atoms with E-state index in [1.165, 1.54) is 42.5 Å². The van der Waals surface area contributed by atoms with Crippen LogP contribution in [0, 0.1) is 5.82 Å². The molecular formula is C26H26FN5O5. The summed E-state index contributed by atoms with van der Waals surface area (Å²) in [6.07, 6.45) is 0. The number of rotatable bonds is 7. The molecule has 11 heteroatoms. The minimum atomic E-state index is -3.29. The Morgan fingerprint density at radius 1 is 1.19 bits per heavy atom. The number of nitrogens with zero attached hydrogens (tertiary/aromatic N) is 4. The number of hydrogen-bond donors (Lipinski definition) is 2. The van der Waals surface area contributed by atoms with Gasteiger partial charge in [-0.05, 0) is 18.2 Å². The summed E-state index contributed by atoms with van der Waals surface area (Å²) in [7, 11) is 0. The third kappa shape index (κ3) is 4.57. The number of aromatic nitrogens is 3. The number of aliphatic hydroxyl groups is 1. The Morgan fingerprint density at radius 2 is 1.97 bits per heavy atom. The van der Waals surface area contributed by atoms with Gasteiger partial charge in [-0.1, -0.05) is 17.3 Å². The number of hydrogen-bond acceptors (Lipinski definition) is 8. The molecule has 0 radical (unpaired) electrons. The van der Waals surface area contributed by atoms with Gasteiger partial charge in [0.1, 0.15) is 18.0 Å². The number of piperazine rings is 1. The summed E-state index contributed by atoms with van der Waals surface area (Å²) < 4.78 is 98.2. The summed E-state index contributed by atoms with van der Waals surface area (Å²) >= 11 is 0. The fourth-order valence-electron chi connectivity index (χ4n) is 3.83. The summed E-state index contributed by atoms with van der Waals surface area (Å²) in [5.41, 5.74) is 1.19. The van der Waals surface area contributed by atoms with Crippen molar-refractivity contribution >= 4 is 16.8 Å². The normalized spacial score (nSPS) is 25.4. The minimum Gasteiger partial charge on any atom is -0.488 e. The highest BCUT2D eigenvalue weighted by Gasteiger charge is 2.30. The first kappa shape index (κ1) is 16.1. The average molecular weight is 516 g/mol. The summed E-state index contributed by atoms with van der Waals surface area (Å²) in [6.45, 7) is -13.4. The molecule has 0 unspecified atom stereocenters. The number of halogens is 1. The first-order valence-corrected chi connectivity index (χ1v) is 11.3. The molecule has 2 aromatic heterocycles. The summed E-state index contributed by atoms with van der Waals surface area (Å²) in [5, 5.41) is 20.3. The number of benzene rings is 2. The van der Waals surface area contributed by atoms with Crippen LogP contribution >= 0.6 is 0 Å². The van der Waals surface area contributed by atoms with E-state index in [9.17, 15) is 9.18 Å². The molecule has 0 atom stereocenters. The van der Waals surface area contributed by atoms with Gasteiger partial charge < -0.3 is 24.0 Å². The molecule has 2 aliphatic heterocycles. The maximum atomic E-state index is 14.6. The summed E-state index contributed by atoms with van der Waals surface area (Å²) in [5.74, 6) is -1.82. The van der Waals surface area contributed by atoms with E-state index < -0.39 is 43.8 Å².